The average Bonchev–Trinajstić information content (AvgIpc) is 3.29. The lowest BCUT2D eigenvalue weighted by Gasteiger charge is -2.17. The zero-order chi connectivity index (χ0) is 28.2. The Morgan fingerprint density at radius 2 is 1.90 bits per heavy atom. The van der Waals surface area contributed by atoms with Crippen LogP contribution in [0.4, 0.5) is 0 Å². The molecule has 0 fully saturated rings. The highest BCUT2D eigenvalue weighted by molar-refractivity contribution is 6.02. The summed E-state index contributed by atoms with van der Waals surface area (Å²) in [5, 5.41) is 7.25. The summed E-state index contributed by atoms with van der Waals surface area (Å²) in [4.78, 5) is 15.6. The zero-order valence-corrected chi connectivity index (χ0v) is 24.2. The second-order valence-electron chi connectivity index (χ2n) is 11.1. The molecule has 5 rings (SSSR count). The molecule has 0 saturated heterocycles. The van der Waals surface area contributed by atoms with Gasteiger partial charge in [-0.2, -0.15) is 0 Å². The molecule has 1 aliphatic heterocycles. The molecular formula is C34H39N3O3. The van der Waals surface area contributed by atoms with Crippen molar-refractivity contribution < 1.29 is 14.1 Å². The zero-order valence-electron chi connectivity index (χ0n) is 24.2. The second kappa shape index (κ2) is 12.1. The second-order valence-corrected chi connectivity index (χ2v) is 11.1. The molecule has 208 valence electrons. The lowest BCUT2D eigenvalue weighted by Crippen LogP contribution is -2.23. The van der Waals surface area contributed by atoms with Gasteiger partial charge in [-0.3, -0.25) is 4.79 Å². The molecule has 0 atom stereocenters. The van der Waals surface area contributed by atoms with Gasteiger partial charge in [0.05, 0.1) is 11.1 Å². The number of fused-ring (bicyclic) bond motifs is 1. The summed E-state index contributed by atoms with van der Waals surface area (Å²) >= 11 is 0. The Kier molecular flexibility index (Phi) is 8.36. The first kappa shape index (κ1) is 27.7. The van der Waals surface area contributed by atoms with E-state index in [9.17, 15) is 4.79 Å². The number of nitrogens with one attached hydrogen (secondary N) is 1. The fraction of sp³-hybridized carbons (Fsp3) is 0.353. The van der Waals surface area contributed by atoms with Crippen LogP contribution in [-0.4, -0.2) is 36.1 Å². The Balaban J connectivity index is 1.67. The summed E-state index contributed by atoms with van der Waals surface area (Å²) in [6, 6.07) is 20.8. The van der Waals surface area contributed by atoms with E-state index in [1.54, 1.807) is 0 Å². The Morgan fingerprint density at radius 1 is 1.10 bits per heavy atom. The molecule has 1 amide bonds. The van der Waals surface area contributed by atoms with Crippen LogP contribution in [-0.2, 0) is 19.6 Å². The van der Waals surface area contributed by atoms with Crippen molar-refractivity contribution in [1.82, 2.24) is 15.4 Å². The van der Waals surface area contributed by atoms with Gasteiger partial charge in [0, 0.05) is 13.1 Å². The van der Waals surface area contributed by atoms with Gasteiger partial charge >= 0.3 is 0 Å². The summed E-state index contributed by atoms with van der Waals surface area (Å²) in [6.45, 7) is 11.3. The maximum atomic E-state index is 13.2. The molecule has 1 aromatic heterocycles. The van der Waals surface area contributed by atoms with Crippen molar-refractivity contribution in [3.63, 3.8) is 0 Å². The number of amides is 1. The number of aromatic nitrogens is 1. The Morgan fingerprint density at radius 3 is 2.65 bits per heavy atom. The van der Waals surface area contributed by atoms with Crippen LogP contribution in [0, 0.1) is 6.92 Å². The number of carbonyl (C=O) groups is 1. The van der Waals surface area contributed by atoms with Gasteiger partial charge in [-0.25, -0.2) is 0 Å². The van der Waals surface area contributed by atoms with E-state index in [4.69, 9.17) is 9.26 Å². The minimum absolute atomic E-state index is 0.245. The molecule has 1 N–H and O–H groups in total. The Bertz CT molecular complexity index is 1490. The van der Waals surface area contributed by atoms with Crippen molar-refractivity contribution in [3.8, 4) is 28.2 Å². The van der Waals surface area contributed by atoms with Crippen molar-refractivity contribution in [2.75, 3.05) is 20.1 Å². The van der Waals surface area contributed by atoms with Gasteiger partial charge in [-0.15, -0.1) is 0 Å². The van der Waals surface area contributed by atoms with E-state index >= 15 is 0 Å². The maximum absolute atomic E-state index is 13.2. The van der Waals surface area contributed by atoms with E-state index in [-0.39, 0.29) is 5.91 Å². The topological polar surface area (TPSA) is 67.6 Å². The van der Waals surface area contributed by atoms with Crippen LogP contribution in [0.3, 0.4) is 0 Å². The number of carbonyl (C=O) groups excluding carboxylic acids is 1. The highest BCUT2D eigenvalue weighted by atomic mass is 16.5. The van der Waals surface area contributed by atoms with Crippen molar-refractivity contribution >= 4 is 5.91 Å². The summed E-state index contributed by atoms with van der Waals surface area (Å²) in [5.41, 5.74) is 8.80. The van der Waals surface area contributed by atoms with Crippen LogP contribution in [0.1, 0.15) is 71.4 Å². The van der Waals surface area contributed by atoms with E-state index in [0.29, 0.717) is 41.8 Å². The van der Waals surface area contributed by atoms with E-state index in [2.05, 4.69) is 85.7 Å². The van der Waals surface area contributed by atoms with Gasteiger partial charge in [0.25, 0.3) is 5.91 Å². The van der Waals surface area contributed by atoms with E-state index in [1.807, 2.05) is 25.1 Å². The van der Waals surface area contributed by atoms with Crippen LogP contribution in [0.15, 0.2) is 65.2 Å². The maximum Gasteiger partial charge on any atom is 0.274 e. The minimum atomic E-state index is -0.245. The van der Waals surface area contributed by atoms with Gasteiger partial charge in [0.1, 0.15) is 12.4 Å². The predicted octanol–water partition coefficient (Wildman–Crippen LogP) is 7.15. The first-order chi connectivity index (χ1) is 19.4. The third kappa shape index (κ3) is 5.82. The van der Waals surface area contributed by atoms with Gasteiger partial charge in [-0.05, 0) is 91.7 Å². The monoisotopic (exact) mass is 537 g/mol. The molecule has 4 aromatic rings. The fourth-order valence-corrected chi connectivity index (χ4v) is 5.57. The fourth-order valence-electron chi connectivity index (χ4n) is 5.57. The molecule has 0 bridgehead atoms. The molecule has 40 heavy (non-hydrogen) atoms. The molecule has 0 unspecified atom stereocenters. The Hall–Kier alpha value is -3.90. The van der Waals surface area contributed by atoms with Crippen molar-refractivity contribution in [2.24, 2.45) is 0 Å². The molecule has 0 aliphatic carbocycles. The molecule has 3 aromatic carbocycles. The number of aryl methyl sites for hydroxylation is 2. The Labute approximate surface area is 237 Å². The van der Waals surface area contributed by atoms with E-state index in [1.165, 1.54) is 16.7 Å². The average molecular weight is 538 g/mol. The smallest absolute Gasteiger partial charge is 0.274 e. The van der Waals surface area contributed by atoms with Crippen LogP contribution in [0.25, 0.3) is 22.5 Å². The molecule has 0 spiro atoms. The predicted molar refractivity (Wildman–Crippen MR) is 160 cm³/mol. The highest BCUT2D eigenvalue weighted by Crippen LogP contribution is 2.43. The highest BCUT2D eigenvalue weighted by Gasteiger charge is 2.28. The lowest BCUT2D eigenvalue weighted by atomic mass is 9.90. The summed E-state index contributed by atoms with van der Waals surface area (Å²) in [7, 11) is 2.16. The molecule has 1 aliphatic rings. The first-order valence-electron chi connectivity index (χ1n) is 14.3. The number of hydrogen-bond acceptors (Lipinski definition) is 5. The van der Waals surface area contributed by atoms with E-state index in [0.717, 1.165) is 48.2 Å². The van der Waals surface area contributed by atoms with Crippen LogP contribution in [0.2, 0.25) is 0 Å². The lowest BCUT2D eigenvalue weighted by molar-refractivity contribution is 0.0947. The third-order valence-corrected chi connectivity index (χ3v) is 7.64. The van der Waals surface area contributed by atoms with Crippen molar-refractivity contribution in [1.29, 1.82) is 0 Å². The molecule has 0 radical (unpaired) electrons. The summed E-state index contributed by atoms with van der Waals surface area (Å²) in [5.74, 6) is 1.32. The largest absolute Gasteiger partial charge is 0.488 e. The molecular weight excluding hydrogens is 498 g/mol. The van der Waals surface area contributed by atoms with Gasteiger partial charge in [-0.1, -0.05) is 67.5 Å². The molecule has 6 heteroatoms. The number of nitrogens with zero attached hydrogens (tertiary/aromatic N) is 2. The van der Waals surface area contributed by atoms with Gasteiger partial charge < -0.3 is 19.5 Å². The number of ether oxygens (including phenoxy) is 1. The SMILES string of the molecule is CCNC(=O)c1noc(-c2cc(C(C)C)c(C)cc2OCc2ccccc2)c1-c1ccc2c(c1)CCCN(C)C2. The van der Waals surface area contributed by atoms with Crippen molar-refractivity contribution in [3.05, 3.63) is 94.2 Å². The van der Waals surface area contributed by atoms with Crippen LogP contribution < -0.4 is 10.1 Å². The number of rotatable bonds is 8. The molecule has 6 nitrogen and oxygen atoms in total. The normalized spacial score (nSPS) is 13.7. The summed E-state index contributed by atoms with van der Waals surface area (Å²) < 4.78 is 12.5. The minimum Gasteiger partial charge on any atom is -0.488 e. The quantitative estimate of drug-likeness (QED) is 0.259. The van der Waals surface area contributed by atoms with E-state index < -0.39 is 0 Å². The molecule has 2 heterocycles. The first-order valence-corrected chi connectivity index (χ1v) is 14.3. The van der Waals surface area contributed by atoms with Gasteiger partial charge in [0.2, 0.25) is 0 Å². The molecule has 0 saturated carbocycles. The third-order valence-electron chi connectivity index (χ3n) is 7.64. The van der Waals surface area contributed by atoms with Crippen LogP contribution >= 0.6 is 0 Å². The van der Waals surface area contributed by atoms with Crippen molar-refractivity contribution in [2.45, 2.75) is 59.6 Å². The van der Waals surface area contributed by atoms with Crippen LogP contribution in [0.5, 0.6) is 5.75 Å². The number of benzene rings is 3. The standard InChI is InChI=1S/C34H39N3O3/c1-6-35-34(38)32-31(26-14-15-27-20-37(5)16-10-13-25(27)18-26)33(40-36-32)29-19-28(22(2)3)23(4)17-30(29)39-21-24-11-8-7-9-12-24/h7-9,11-12,14-15,17-19,22H,6,10,13,16,20-21H2,1-5H3,(H,35,38). The van der Waals surface area contributed by atoms with Gasteiger partial charge in [0.15, 0.2) is 11.5 Å². The number of hydrogen-bond donors (Lipinski definition) is 1. The summed E-state index contributed by atoms with van der Waals surface area (Å²) in [6.07, 6.45) is 2.10.